The molecule has 1 N–H and O–H groups in total. The Morgan fingerprint density at radius 3 is 2.89 bits per heavy atom. The van der Waals surface area contributed by atoms with Gasteiger partial charge in [-0.25, -0.2) is 4.39 Å². The average molecular weight is 284 g/mol. The largest absolute Gasteiger partial charge is 0.426 e. The van der Waals surface area contributed by atoms with Gasteiger partial charge >= 0.3 is 0 Å². The van der Waals surface area contributed by atoms with E-state index in [0.29, 0.717) is 23.9 Å². The summed E-state index contributed by atoms with van der Waals surface area (Å²) in [5.74, 6) is 0.102. The number of nitrogens with zero attached hydrogens (tertiary/aromatic N) is 2. The Kier molecular flexibility index (Phi) is 4.11. The second-order valence-electron chi connectivity index (χ2n) is 3.89. The van der Waals surface area contributed by atoms with Crippen LogP contribution in [-0.4, -0.2) is 16.1 Å². The van der Waals surface area contributed by atoms with E-state index in [1.54, 1.807) is 6.92 Å². The molecule has 0 aliphatic rings. The zero-order chi connectivity index (χ0) is 13.8. The molecule has 0 saturated carbocycles. The molecule has 0 saturated heterocycles. The number of carbonyl (C=O) groups is 1. The molecule has 2 aromatic rings. The number of hydrogen-bond donors (Lipinski definition) is 1. The molecule has 0 unspecified atom stereocenters. The Morgan fingerprint density at radius 1 is 1.47 bits per heavy atom. The predicted octanol–water partition coefficient (Wildman–Crippen LogP) is 2.74. The van der Waals surface area contributed by atoms with E-state index in [1.165, 1.54) is 18.2 Å². The molecule has 0 radical (unpaired) electrons. The fourth-order valence-corrected chi connectivity index (χ4v) is 1.64. The quantitative estimate of drug-likeness (QED) is 0.937. The van der Waals surface area contributed by atoms with E-state index in [1.807, 2.05) is 0 Å². The first-order valence-electron chi connectivity index (χ1n) is 5.58. The van der Waals surface area contributed by atoms with Gasteiger partial charge in [-0.3, -0.25) is 4.79 Å². The van der Waals surface area contributed by atoms with Crippen molar-refractivity contribution in [3.63, 3.8) is 0 Å². The molecule has 100 valence electrons. The van der Waals surface area contributed by atoms with Gasteiger partial charge in [0.25, 0.3) is 0 Å². The van der Waals surface area contributed by atoms with Gasteiger partial charge in [-0.2, -0.15) is 0 Å². The molecule has 0 aliphatic heterocycles. The van der Waals surface area contributed by atoms with E-state index in [0.717, 1.165) is 0 Å². The summed E-state index contributed by atoms with van der Waals surface area (Å²) in [4.78, 5) is 11.7. The van der Waals surface area contributed by atoms with Gasteiger partial charge in [0.2, 0.25) is 17.7 Å². The highest BCUT2D eigenvalue weighted by molar-refractivity contribution is 6.31. The van der Waals surface area contributed by atoms with Gasteiger partial charge in [-0.15, -0.1) is 10.2 Å². The summed E-state index contributed by atoms with van der Waals surface area (Å²) < 4.78 is 18.1. The topological polar surface area (TPSA) is 68.0 Å². The van der Waals surface area contributed by atoms with Crippen LogP contribution in [0, 0.1) is 12.7 Å². The van der Waals surface area contributed by atoms with Gasteiger partial charge < -0.3 is 9.73 Å². The summed E-state index contributed by atoms with van der Waals surface area (Å²) in [5, 5.41) is 10.0. The van der Waals surface area contributed by atoms with Gasteiger partial charge in [-0.05, 0) is 18.2 Å². The molecule has 0 atom stereocenters. The first-order valence-corrected chi connectivity index (χ1v) is 5.96. The summed E-state index contributed by atoms with van der Waals surface area (Å²) in [6, 6.07) is 3.99. The molecule has 0 aliphatic carbocycles. The molecule has 0 spiro atoms. The summed E-state index contributed by atoms with van der Waals surface area (Å²) in [6.07, 6.45) is 0.540. The molecule has 5 nitrogen and oxygen atoms in total. The summed E-state index contributed by atoms with van der Waals surface area (Å²) in [5.41, 5.74) is 0.443. The molecule has 7 heteroatoms. The second kappa shape index (κ2) is 5.79. The second-order valence-corrected chi connectivity index (χ2v) is 4.30. The van der Waals surface area contributed by atoms with Crippen molar-refractivity contribution in [1.29, 1.82) is 0 Å². The normalized spacial score (nSPS) is 10.5. The van der Waals surface area contributed by atoms with Crippen LogP contribution >= 0.6 is 11.6 Å². The molecule has 1 heterocycles. The molecule has 0 fully saturated rings. The highest BCUT2D eigenvalue weighted by Crippen LogP contribution is 2.19. The van der Waals surface area contributed by atoms with Crippen LogP contribution in [0.1, 0.15) is 18.2 Å². The van der Waals surface area contributed by atoms with Gasteiger partial charge in [-0.1, -0.05) is 11.6 Å². The van der Waals surface area contributed by atoms with Crippen molar-refractivity contribution >= 4 is 23.2 Å². The maximum atomic E-state index is 12.9. The van der Waals surface area contributed by atoms with Crippen LogP contribution in [0.15, 0.2) is 22.6 Å². The maximum absolute atomic E-state index is 12.9. The lowest BCUT2D eigenvalue weighted by molar-refractivity contribution is -0.116. The number of carbonyl (C=O) groups excluding carboxylic acids is 1. The van der Waals surface area contributed by atoms with Crippen molar-refractivity contribution in [3.8, 4) is 0 Å². The Morgan fingerprint density at radius 2 is 2.26 bits per heavy atom. The summed E-state index contributed by atoms with van der Waals surface area (Å²) >= 11 is 5.61. The van der Waals surface area contributed by atoms with Gasteiger partial charge in [0.1, 0.15) is 5.82 Å². The number of anilines is 1. The number of aromatic nitrogens is 2. The van der Waals surface area contributed by atoms with Crippen LogP contribution in [-0.2, 0) is 11.2 Å². The van der Waals surface area contributed by atoms with Crippen LogP contribution in [0.4, 0.5) is 10.1 Å². The molecule has 1 aromatic carbocycles. The molecule has 19 heavy (non-hydrogen) atoms. The van der Waals surface area contributed by atoms with Crippen molar-refractivity contribution in [2.24, 2.45) is 0 Å². The minimum atomic E-state index is -0.527. The van der Waals surface area contributed by atoms with Crippen molar-refractivity contribution in [2.75, 3.05) is 5.32 Å². The van der Waals surface area contributed by atoms with Gasteiger partial charge in [0, 0.05) is 25.5 Å². The monoisotopic (exact) mass is 283 g/mol. The predicted molar refractivity (Wildman–Crippen MR) is 67.4 cm³/mol. The van der Waals surface area contributed by atoms with Gasteiger partial charge in [0.05, 0.1) is 5.02 Å². The molecule has 2 rings (SSSR count). The van der Waals surface area contributed by atoms with Gasteiger partial charge in [0.15, 0.2) is 0 Å². The number of halogens is 2. The Hall–Kier alpha value is -1.95. The van der Waals surface area contributed by atoms with Crippen LogP contribution in [0.2, 0.25) is 5.02 Å². The fourth-order valence-electron chi connectivity index (χ4n) is 1.46. The third-order valence-electron chi connectivity index (χ3n) is 2.34. The van der Waals surface area contributed by atoms with Crippen LogP contribution in [0.25, 0.3) is 0 Å². The number of hydrogen-bond acceptors (Lipinski definition) is 4. The van der Waals surface area contributed by atoms with E-state index < -0.39 is 5.82 Å². The van der Waals surface area contributed by atoms with Crippen LogP contribution in [0.5, 0.6) is 0 Å². The smallest absolute Gasteiger partial charge is 0.224 e. The van der Waals surface area contributed by atoms with E-state index >= 15 is 0 Å². The lowest BCUT2D eigenvalue weighted by Gasteiger charge is -2.04. The highest BCUT2D eigenvalue weighted by Gasteiger charge is 2.08. The van der Waals surface area contributed by atoms with E-state index in [9.17, 15) is 9.18 Å². The first-order chi connectivity index (χ1) is 9.04. The number of aryl methyl sites for hydroxylation is 2. The first kappa shape index (κ1) is 13.5. The van der Waals surface area contributed by atoms with Crippen molar-refractivity contribution in [2.45, 2.75) is 19.8 Å². The van der Waals surface area contributed by atoms with E-state index in [-0.39, 0.29) is 17.4 Å². The lowest BCUT2D eigenvalue weighted by atomic mass is 10.2. The minimum Gasteiger partial charge on any atom is -0.426 e. The zero-order valence-electron chi connectivity index (χ0n) is 10.1. The molecule has 0 bridgehead atoms. The zero-order valence-corrected chi connectivity index (χ0v) is 10.9. The third kappa shape index (κ3) is 3.75. The summed E-state index contributed by atoms with van der Waals surface area (Å²) in [7, 11) is 0. The van der Waals surface area contributed by atoms with Crippen LogP contribution < -0.4 is 5.32 Å². The van der Waals surface area contributed by atoms with Crippen molar-refractivity contribution < 1.29 is 13.6 Å². The molecular weight excluding hydrogens is 273 g/mol. The Labute approximate surface area is 113 Å². The third-order valence-corrected chi connectivity index (χ3v) is 2.63. The SMILES string of the molecule is Cc1nnc(CCC(=O)Nc2ccc(F)c(Cl)c2)o1. The Balaban J connectivity index is 1.88. The average Bonchev–Trinajstić information content (AvgIpc) is 2.77. The molecular formula is C12H11ClFN3O2. The summed E-state index contributed by atoms with van der Waals surface area (Å²) in [6.45, 7) is 1.68. The maximum Gasteiger partial charge on any atom is 0.224 e. The number of benzene rings is 1. The Bertz CT molecular complexity index is 600. The number of rotatable bonds is 4. The van der Waals surface area contributed by atoms with E-state index in [4.69, 9.17) is 16.0 Å². The van der Waals surface area contributed by atoms with Crippen molar-refractivity contribution in [3.05, 3.63) is 40.8 Å². The molecule has 1 aromatic heterocycles. The minimum absolute atomic E-state index is 0.0367. The number of amides is 1. The highest BCUT2D eigenvalue weighted by atomic mass is 35.5. The molecule has 1 amide bonds. The number of nitrogens with one attached hydrogen (secondary N) is 1. The standard InChI is InChI=1S/C12H11ClFN3O2/c1-7-16-17-12(19-7)5-4-11(18)15-8-2-3-10(14)9(13)6-8/h2-3,6H,4-5H2,1H3,(H,15,18). The van der Waals surface area contributed by atoms with E-state index in [2.05, 4.69) is 15.5 Å². The van der Waals surface area contributed by atoms with Crippen LogP contribution in [0.3, 0.4) is 0 Å². The van der Waals surface area contributed by atoms with Crippen molar-refractivity contribution in [1.82, 2.24) is 10.2 Å². The lowest BCUT2D eigenvalue weighted by Crippen LogP contribution is -2.12. The fraction of sp³-hybridized carbons (Fsp3) is 0.250.